The minimum absolute atomic E-state index is 0.0845. The molecule has 0 aromatic heterocycles. The van der Waals surface area contributed by atoms with Gasteiger partial charge >= 0.3 is 6.18 Å². The Hall–Kier alpha value is -0.730. The highest BCUT2D eigenvalue weighted by Crippen LogP contribution is 2.33. The van der Waals surface area contributed by atoms with Crippen LogP contribution in [0.5, 0.6) is 0 Å². The van der Waals surface area contributed by atoms with E-state index in [0.29, 0.717) is 0 Å². The molecule has 0 rings (SSSR count). The Labute approximate surface area is 64.4 Å². The first-order chi connectivity index (χ1) is 4.89. The van der Waals surface area contributed by atoms with Crippen LogP contribution in [-0.4, -0.2) is 6.18 Å². The van der Waals surface area contributed by atoms with Crippen molar-refractivity contribution in [2.24, 2.45) is 5.92 Å². The lowest BCUT2D eigenvalue weighted by molar-refractivity contribution is -0.162. The molecule has 0 saturated heterocycles. The van der Waals surface area contributed by atoms with Crippen molar-refractivity contribution in [3.8, 4) is 0 Å². The third kappa shape index (κ3) is 3.25. The van der Waals surface area contributed by atoms with Crippen molar-refractivity contribution in [3.05, 3.63) is 24.8 Å². The molecule has 0 heterocycles. The molecule has 0 bridgehead atoms. The van der Waals surface area contributed by atoms with Gasteiger partial charge in [0.25, 0.3) is 0 Å². The van der Waals surface area contributed by atoms with E-state index in [9.17, 15) is 13.2 Å². The summed E-state index contributed by atoms with van der Waals surface area (Å²) in [6.45, 7) is 7.90. The van der Waals surface area contributed by atoms with E-state index in [1.165, 1.54) is 13.0 Å². The lowest BCUT2D eigenvalue weighted by atomic mass is 9.98. The van der Waals surface area contributed by atoms with Crippen LogP contribution in [0.3, 0.4) is 0 Å². The fourth-order valence-corrected chi connectivity index (χ4v) is 0.781. The molecule has 0 aliphatic carbocycles. The molecule has 11 heavy (non-hydrogen) atoms. The molecule has 1 atom stereocenters. The first-order valence-electron chi connectivity index (χ1n) is 3.22. The molecule has 1 unspecified atom stereocenters. The van der Waals surface area contributed by atoms with Gasteiger partial charge in [-0.3, -0.25) is 0 Å². The fourth-order valence-electron chi connectivity index (χ4n) is 0.781. The standard InChI is InChI=1S/C8H11F3/c1-4-5-7(6(2)3)8(9,10)11/h4,7H,1-2,5H2,3H3. The summed E-state index contributed by atoms with van der Waals surface area (Å²) in [5, 5.41) is 0. The third-order valence-electron chi connectivity index (χ3n) is 1.39. The monoisotopic (exact) mass is 164 g/mol. The topological polar surface area (TPSA) is 0 Å². The number of hydrogen-bond acceptors (Lipinski definition) is 0. The van der Waals surface area contributed by atoms with Crippen LogP contribution in [0, 0.1) is 5.92 Å². The Morgan fingerprint density at radius 1 is 1.55 bits per heavy atom. The Bertz CT molecular complexity index is 155. The predicted octanol–water partition coefficient (Wildman–Crippen LogP) is 3.32. The van der Waals surface area contributed by atoms with Crippen LogP contribution in [0.1, 0.15) is 13.3 Å². The van der Waals surface area contributed by atoms with E-state index in [1.807, 2.05) is 0 Å². The molecule has 0 aromatic carbocycles. The summed E-state index contributed by atoms with van der Waals surface area (Å²) in [6, 6.07) is 0. The van der Waals surface area contributed by atoms with Gasteiger partial charge < -0.3 is 0 Å². The number of hydrogen-bond donors (Lipinski definition) is 0. The van der Waals surface area contributed by atoms with E-state index in [4.69, 9.17) is 0 Å². The molecular formula is C8H11F3. The van der Waals surface area contributed by atoms with Crippen molar-refractivity contribution >= 4 is 0 Å². The molecule has 0 saturated carbocycles. The SMILES string of the molecule is C=CCC(C(=C)C)C(F)(F)F. The molecule has 0 fully saturated rings. The molecule has 0 nitrogen and oxygen atoms in total. The maximum Gasteiger partial charge on any atom is 0.395 e. The van der Waals surface area contributed by atoms with Gasteiger partial charge in [0.1, 0.15) is 0 Å². The second kappa shape index (κ2) is 3.60. The van der Waals surface area contributed by atoms with Crippen LogP contribution in [-0.2, 0) is 0 Å². The van der Waals surface area contributed by atoms with Crippen molar-refractivity contribution in [1.82, 2.24) is 0 Å². The maximum atomic E-state index is 12.0. The summed E-state index contributed by atoms with van der Waals surface area (Å²) in [6.07, 6.45) is -3.01. The van der Waals surface area contributed by atoms with Crippen LogP contribution < -0.4 is 0 Å². The smallest absolute Gasteiger partial charge is 0.170 e. The van der Waals surface area contributed by atoms with Gasteiger partial charge in [-0.25, -0.2) is 0 Å². The Balaban J connectivity index is 4.34. The van der Waals surface area contributed by atoms with Gasteiger partial charge in [0.05, 0.1) is 5.92 Å². The predicted molar refractivity (Wildman–Crippen MR) is 39.2 cm³/mol. The van der Waals surface area contributed by atoms with Crippen LogP contribution in [0.25, 0.3) is 0 Å². The quantitative estimate of drug-likeness (QED) is 0.561. The highest BCUT2D eigenvalue weighted by molar-refractivity contribution is 5.01. The van der Waals surface area contributed by atoms with E-state index in [2.05, 4.69) is 13.2 Å². The largest absolute Gasteiger partial charge is 0.395 e. The van der Waals surface area contributed by atoms with E-state index in [1.54, 1.807) is 0 Å². The average molecular weight is 164 g/mol. The minimum atomic E-state index is -4.18. The highest BCUT2D eigenvalue weighted by atomic mass is 19.4. The minimum Gasteiger partial charge on any atom is -0.170 e. The summed E-state index contributed by atoms with van der Waals surface area (Å²) < 4.78 is 36.1. The van der Waals surface area contributed by atoms with E-state index >= 15 is 0 Å². The summed E-state index contributed by atoms with van der Waals surface area (Å²) in [4.78, 5) is 0. The summed E-state index contributed by atoms with van der Waals surface area (Å²) >= 11 is 0. The van der Waals surface area contributed by atoms with Crippen LogP contribution in [0.15, 0.2) is 24.8 Å². The van der Waals surface area contributed by atoms with E-state index in [0.717, 1.165) is 0 Å². The molecule has 0 spiro atoms. The average Bonchev–Trinajstić information content (AvgIpc) is 1.79. The zero-order valence-electron chi connectivity index (χ0n) is 6.41. The lowest BCUT2D eigenvalue weighted by Crippen LogP contribution is -2.22. The Morgan fingerprint density at radius 3 is 2.09 bits per heavy atom. The number of allylic oxidation sites excluding steroid dienone is 2. The van der Waals surface area contributed by atoms with E-state index in [-0.39, 0.29) is 12.0 Å². The Morgan fingerprint density at radius 2 is 2.00 bits per heavy atom. The van der Waals surface area contributed by atoms with Crippen molar-refractivity contribution in [3.63, 3.8) is 0 Å². The molecule has 0 aromatic rings. The third-order valence-corrected chi connectivity index (χ3v) is 1.39. The van der Waals surface area contributed by atoms with Crippen LogP contribution >= 0.6 is 0 Å². The fraction of sp³-hybridized carbons (Fsp3) is 0.500. The molecule has 0 amide bonds. The molecule has 0 N–H and O–H groups in total. The second-order valence-electron chi connectivity index (χ2n) is 2.46. The molecule has 64 valence electrons. The number of alkyl halides is 3. The van der Waals surface area contributed by atoms with Crippen LogP contribution in [0.4, 0.5) is 13.2 Å². The highest BCUT2D eigenvalue weighted by Gasteiger charge is 2.38. The van der Waals surface area contributed by atoms with Gasteiger partial charge in [0.2, 0.25) is 0 Å². The van der Waals surface area contributed by atoms with Gasteiger partial charge in [0.15, 0.2) is 0 Å². The van der Waals surface area contributed by atoms with Crippen molar-refractivity contribution in [1.29, 1.82) is 0 Å². The van der Waals surface area contributed by atoms with Crippen molar-refractivity contribution < 1.29 is 13.2 Å². The van der Waals surface area contributed by atoms with E-state index < -0.39 is 12.1 Å². The zero-order valence-corrected chi connectivity index (χ0v) is 6.41. The molecule has 0 radical (unpaired) electrons. The Kier molecular flexibility index (Phi) is 3.36. The lowest BCUT2D eigenvalue weighted by Gasteiger charge is -2.18. The van der Waals surface area contributed by atoms with Crippen molar-refractivity contribution in [2.75, 3.05) is 0 Å². The zero-order chi connectivity index (χ0) is 9.07. The van der Waals surface area contributed by atoms with Crippen LogP contribution in [0.2, 0.25) is 0 Å². The molecule has 0 aliphatic rings. The summed E-state index contributed by atoms with van der Waals surface area (Å²) in [5.41, 5.74) is 0.136. The normalized spacial score (nSPS) is 14.2. The number of halogens is 3. The molecule has 3 heteroatoms. The van der Waals surface area contributed by atoms with Gasteiger partial charge in [-0.2, -0.15) is 13.2 Å². The summed E-state index contributed by atoms with van der Waals surface area (Å²) in [7, 11) is 0. The van der Waals surface area contributed by atoms with Gasteiger partial charge in [-0.15, -0.1) is 6.58 Å². The van der Waals surface area contributed by atoms with Gasteiger partial charge in [-0.1, -0.05) is 18.2 Å². The van der Waals surface area contributed by atoms with Crippen molar-refractivity contribution in [2.45, 2.75) is 19.5 Å². The number of rotatable bonds is 3. The maximum absolute atomic E-state index is 12.0. The molecular weight excluding hydrogens is 153 g/mol. The molecule has 0 aliphatic heterocycles. The summed E-state index contributed by atoms with van der Waals surface area (Å²) in [5.74, 6) is -1.43. The first-order valence-corrected chi connectivity index (χ1v) is 3.22. The second-order valence-corrected chi connectivity index (χ2v) is 2.46. The van der Waals surface area contributed by atoms with Gasteiger partial charge in [0, 0.05) is 0 Å². The first kappa shape index (κ1) is 10.3. The van der Waals surface area contributed by atoms with Gasteiger partial charge in [-0.05, 0) is 13.3 Å².